The standard InChI is InChI=1S/C16H12F7N3O4S2/c1-29-12-10(6-32(27,28)13-25-8-4-31-5-9(8)26-13)24-3-2-11(12)30-7-14(17,18)15(19,20)16(21,22)23/h2-5H,6-7H2,1H3,(H,25,26). The molecule has 16 heteroatoms. The van der Waals surface area contributed by atoms with E-state index < -0.39 is 56.9 Å². The average Bonchev–Trinajstić information content (AvgIpc) is 3.28. The van der Waals surface area contributed by atoms with Crippen molar-refractivity contribution >= 4 is 32.2 Å². The molecule has 3 aromatic rings. The van der Waals surface area contributed by atoms with Crippen LogP contribution in [0.3, 0.4) is 0 Å². The predicted octanol–water partition coefficient (Wildman–Crippen LogP) is 4.21. The number of hydrogen-bond acceptors (Lipinski definition) is 7. The number of ether oxygens (including phenoxy) is 2. The summed E-state index contributed by atoms with van der Waals surface area (Å²) in [6.45, 7) is -2.36. The summed E-state index contributed by atoms with van der Waals surface area (Å²) in [7, 11) is -3.18. The molecule has 0 aliphatic heterocycles. The van der Waals surface area contributed by atoms with E-state index in [-0.39, 0.29) is 5.69 Å². The number of imidazole rings is 1. The van der Waals surface area contributed by atoms with Gasteiger partial charge < -0.3 is 14.5 Å². The van der Waals surface area contributed by atoms with Crippen LogP contribution in [-0.2, 0) is 15.6 Å². The van der Waals surface area contributed by atoms with Crippen LogP contribution in [-0.4, -0.2) is 55.1 Å². The van der Waals surface area contributed by atoms with Crippen molar-refractivity contribution in [2.24, 2.45) is 0 Å². The highest BCUT2D eigenvalue weighted by Crippen LogP contribution is 2.47. The number of fused-ring (bicyclic) bond motifs is 1. The normalized spacial score (nSPS) is 13.5. The van der Waals surface area contributed by atoms with Crippen LogP contribution in [0.1, 0.15) is 5.69 Å². The van der Waals surface area contributed by atoms with E-state index in [1.54, 1.807) is 10.8 Å². The molecule has 3 aromatic heterocycles. The number of aromatic nitrogens is 3. The Balaban J connectivity index is 1.85. The van der Waals surface area contributed by atoms with E-state index in [9.17, 15) is 39.2 Å². The van der Waals surface area contributed by atoms with Crippen LogP contribution in [0.4, 0.5) is 30.7 Å². The molecule has 0 aromatic carbocycles. The number of nitrogens with one attached hydrogen (secondary N) is 1. The van der Waals surface area contributed by atoms with E-state index in [0.717, 1.165) is 19.4 Å². The van der Waals surface area contributed by atoms with Crippen LogP contribution < -0.4 is 9.47 Å². The molecule has 0 aliphatic rings. The number of alkyl halides is 7. The van der Waals surface area contributed by atoms with E-state index in [0.29, 0.717) is 11.0 Å². The second-order valence-electron chi connectivity index (χ2n) is 6.33. The lowest BCUT2D eigenvalue weighted by Gasteiger charge is -2.28. The Kier molecular flexibility index (Phi) is 6.05. The molecule has 0 atom stereocenters. The molecule has 0 fully saturated rings. The van der Waals surface area contributed by atoms with Gasteiger partial charge in [-0.05, 0) is 0 Å². The smallest absolute Gasteiger partial charge is 0.460 e. The minimum absolute atomic E-state index is 0.366. The maximum absolute atomic E-state index is 13.5. The number of methoxy groups -OCH3 is 1. The Morgan fingerprint density at radius 2 is 1.81 bits per heavy atom. The fourth-order valence-corrected chi connectivity index (χ4v) is 4.39. The molecule has 3 heterocycles. The zero-order valence-corrected chi connectivity index (χ0v) is 17.3. The van der Waals surface area contributed by atoms with Crippen molar-refractivity contribution in [3.8, 4) is 11.5 Å². The number of pyridine rings is 1. The Labute approximate surface area is 179 Å². The van der Waals surface area contributed by atoms with Crippen molar-refractivity contribution in [3.63, 3.8) is 0 Å². The van der Waals surface area contributed by atoms with Gasteiger partial charge in [0, 0.05) is 23.0 Å². The van der Waals surface area contributed by atoms with Crippen LogP contribution in [0.25, 0.3) is 11.0 Å². The quantitative estimate of drug-likeness (QED) is 0.459. The highest BCUT2D eigenvalue weighted by Gasteiger charge is 2.73. The first-order chi connectivity index (χ1) is 14.7. The molecule has 0 unspecified atom stereocenters. The molecule has 7 nitrogen and oxygen atoms in total. The Morgan fingerprint density at radius 1 is 1.12 bits per heavy atom. The number of aromatic amines is 1. The first kappa shape index (κ1) is 24.0. The Hall–Kier alpha value is -2.62. The molecule has 0 aliphatic carbocycles. The highest BCUT2D eigenvalue weighted by molar-refractivity contribution is 7.90. The van der Waals surface area contributed by atoms with Gasteiger partial charge in [-0.15, -0.1) is 11.3 Å². The van der Waals surface area contributed by atoms with Crippen LogP contribution in [0.2, 0.25) is 0 Å². The van der Waals surface area contributed by atoms with Gasteiger partial charge >= 0.3 is 18.0 Å². The molecule has 176 valence electrons. The zero-order valence-electron chi connectivity index (χ0n) is 15.7. The molecule has 0 saturated heterocycles. The summed E-state index contributed by atoms with van der Waals surface area (Å²) in [6, 6.07) is 0.847. The molecule has 32 heavy (non-hydrogen) atoms. The first-order valence-corrected chi connectivity index (χ1v) is 10.9. The van der Waals surface area contributed by atoms with Crippen molar-refractivity contribution in [1.82, 2.24) is 15.0 Å². The summed E-state index contributed by atoms with van der Waals surface area (Å²) in [4.78, 5) is 10.3. The van der Waals surface area contributed by atoms with Gasteiger partial charge in [0.1, 0.15) is 17.0 Å². The number of H-pyrrole nitrogens is 1. The lowest BCUT2D eigenvalue weighted by atomic mass is 10.2. The largest absolute Gasteiger partial charge is 0.491 e. The third kappa shape index (κ3) is 4.32. The summed E-state index contributed by atoms with van der Waals surface area (Å²) in [5.41, 5.74) is 0.478. The summed E-state index contributed by atoms with van der Waals surface area (Å²) >= 11 is 1.28. The van der Waals surface area contributed by atoms with Crippen LogP contribution in [0, 0.1) is 0 Å². The predicted molar refractivity (Wildman–Crippen MR) is 97.1 cm³/mol. The molecule has 0 bridgehead atoms. The van der Waals surface area contributed by atoms with E-state index in [1.807, 2.05) is 0 Å². The Bertz CT molecular complexity index is 1190. The summed E-state index contributed by atoms with van der Waals surface area (Å²) < 4.78 is 125. The first-order valence-electron chi connectivity index (χ1n) is 8.31. The summed E-state index contributed by atoms with van der Waals surface area (Å²) in [6.07, 6.45) is -5.62. The van der Waals surface area contributed by atoms with Gasteiger partial charge in [0.05, 0.1) is 12.6 Å². The molecular formula is C16H12F7N3O4S2. The topological polar surface area (TPSA) is 94.2 Å². The van der Waals surface area contributed by atoms with Crippen molar-refractivity contribution in [2.45, 2.75) is 28.9 Å². The fraction of sp³-hybridized carbons (Fsp3) is 0.375. The van der Waals surface area contributed by atoms with Gasteiger partial charge in [-0.3, -0.25) is 4.98 Å². The highest BCUT2D eigenvalue weighted by atomic mass is 32.2. The number of thiophene rings is 1. The van der Waals surface area contributed by atoms with E-state index >= 15 is 0 Å². The molecule has 1 N–H and O–H groups in total. The number of hydrogen-bond donors (Lipinski definition) is 1. The van der Waals surface area contributed by atoms with Gasteiger partial charge in [-0.25, -0.2) is 13.4 Å². The third-order valence-electron chi connectivity index (χ3n) is 4.10. The molecule has 0 radical (unpaired) electrons. The maximum atomic E-state index is 13.5. The van der Waals surface area contributed by atoms with Crippen molar-refractivity contribution in [3.05, 3.63) is 28.7 Å². The minimum atomic E-state index is -6.52. The van der Waals surface area contributed by atoms with Crippen LogP contribution >= 0.6 is 11.3 Å². The average molecular weight is 507 g/mol. The summed E-state index contributed by atoms with van der Waals surface area (Å²) in [5, 5.41) is 2.79. The lowest BCUT2D eigenvalue weighted by molar-refractivity contribution is -0.358. The van der Waals surface area contributed by atoms with Gasteiger partial charge in [0.2, 0.25) is 15.0 Å². The van der Waals surface area contributed by atoms with Gasteiger partial charge in [-0.1, -0.05) is 0 Å². The third-order valence-corrected chi connectivity index (χ3v) is 6.26. The molecule has 3 rings (SSSR count). The maximum Gasteiger partial charge on any atom is 0.460 e. The SMILES string of the molecule is COc1c(OCC(F)(F)C(F)(F)C(F)(F)F)ccnc1CS(=O)(=O)c1nc2cscc2[nH]1. The zero-order chi connectivity index (χ0) is 23.9. The van der Waals surface area contributed by atoms with E-state index in [1.165, 1.54) is 11.3 Å². The number of nitrogens with zero attached hydrogens (tertiary/aromatic N) is 2. The number of halogens is 7. The van der Waals surface area contributed by atoms with Crippen molar-refractivity contribution < 1.29 is 48.6 Å². The number of rotatable bonds is 8. The molecule has 0 amide bonds. The Morgan fingerprint density at radius 3 is 2.41 bits per heavy atom. The van der Waals surface area contributed by atoms with Gasteiger partial charge in [0.15, 0.2) is 18.1 Å². The molecular weight excluding hydrogens is 495 g/mol. The second kappa shape index (κ2) is 8.06. The summed E-state index contributed by atoms with van der Waals surface area (Å²) in [5.74, 6) is -14.1. The van der Waals surface area contributed by atoms with Crippen LogP contribution in [0.15, 0.2) is 28.2 Å². The lowest BCUT2D eigenvalue weighted by Crippen LogP contribution is -2.54. The van der Waals surface area contributed by atoms with E-state index in [2.05, 4.69) is 19.7 Å². The van der Waals surface area contributed by atoms with Gasteiger partial charge in [-0.2, -0.15) is 30.7 Å². The number of sulfone groups is 1. The fourth-order valence-electron chi connectivity index (χ4n) is 2.49. The second-order valence-corrected chi connectivity index (χ2v) is 8.97. The molecule has 0 spiro atoms. The van der Waals surface area contributed by atoms with E-state index in [4.69, 9.17) is 4.74 Å². The minimum Gasteiger partial charge on any atom is -0.491 e. The monoisotopic (exact) mass is 507 g/mol. The van der Waals surface area contributed by atoms with Crippen LogP contribution in [0.5, 0.6) is 11.5 Å². The van der Waals surface area contributed by atoms with Crippen molar-refractivity contribution in [1.29, 1.82) is 0 Å². The van der Waals surface area contributed by atoms with Gasteiger partial charge in [0.25, 0.3) is 0 Å². The molecule has 0 saturated carbocycles. The van der Waals surface area contributed by atoms with Crippen molar-refractivity contribution in [2.75, 3.05) is 13.7 Å².